The number of nitrogens with one attached hydrogen (secondary N) is 1. The van der Waals surface area contributed by atoms with Crippen LogP contribution in [0.25, 0.3) is 0 Å². The molecule has 3 heterocycles. The van der Waals surface area contributed by atoms with Crippen LogP contribution < -0.4 is 5.32 Å². The van der Waals surface area contributed by atoms with E-state index in [0.717, 1.165) is 32.1 Å². The average Bonchev–Trinajstić information content (AvgIpc) is 3.38. The number of ether oxygens (including phenoxy) is 6. The predicted octanol–water partition coefficient (Wildman–Crippen LogP) is 3.43. The van der Waals surface area contributed by atoms with Crippen molar-refractivity contribution in [2.24, 2.45) is 0 Å². The molecule has 1 amide bonds. The average molecular weight is 1040 g/mol. The van der Waals surface area contributed by atoms with E-state index in [2.05, 4.69) is 12.2 Å². The first kappa shape index (κ1) is 64.8. The monoisotopic (exact) mass is 1040 g/mol. The van der Waals surface area contributed by atoms with Crippen molar-refractivity contribution < 1.29 is 89.4 Å². The molecule has 0 spiro atoms. The fraction of sp³-hybridized carbons (Fsp3) is 0.943. The number of hydrogen-bond acceptors (Lipinski definition) is 18. The number of carbonyl (C=O) groups is 1. The molecule has 12 N–H and O–H groups in total. The number of unbranched alkanes of at least 4 members (excludes halogenated alkanes) is 24. The van der Waals surface area contributed by atoms with Crippen LogP contribution in [0.1, 0.15) is 187 Å². The molecule has 72 heavy (non-hydrogen) atoms. The Morgan fingerprint density at radius 1 is 0.486 bits per heavy atom. The number of allylic oxidation sites excluding steroid dienone is 1. The maximum atomic E-state index is 13.1. The van der Waals surface area contributed by atoms with Gasteiger partial charge in [-0.2, -0.15) is 0 Å². The Hall–Kier alpha value is -1.47. The molecule has 3 aliphatic heterocycles. The summed E-state index contributed by atoms with van der Waals surface area (Å²) in [4.78, 5) is 13.1. The summed E-state index contributed by atoms with van der Waals surface area (Å²) in [6.45, 7) is 1.55. The van der Waals surface area contributed by atoms with Crippen LogP contribution in [-0.2, 0) is 33.2 Å². The molecule has 17 unspecified atom stereocenters. The summed E-state index contributed by atoms with van der Waals surface area (Å²) in [7, 11) is 0. The molecule has 3 rings (SSSR count). The normalized spacial score (nSPS) is 32.0. The van der Waals surface area contributed by atoms with Crippen molar-refractivity contribution in [3.63, 3.8) is 0 Å². The summed E-state index contributed by atoms with van der Waals surface area (Å²) in [5, 5.41) is 119. The molecular formula is C53H99NO18. The van der Waals surface area contributed by atoms with Crippen LogP contribution in [0, 0.1) is 0 Å². The van der Waals surface area contributed by atoms with Gasteiger partial charge in [0, 0.05) is 6.42 Å². The molecule has 3 aliphatic rings. The van der Waals surface area contributed by atoms with Gasteiger partial charge in [-0.25, -0.2) is 0 Å². The topological polar surface area (TPSA) is 307 Å². The number of aliphatic hydroxyl groups excluding tert-OH is 11. The van der Waals surface area contributed by atoms with Gasteiger partial charge in [0.15, 0.2) is 18.9 Å². The van der Waals surface area contributed by atoms with E-state index in [0.29, 0.717) is 12.8 Å². The summed E-state index contributed by atoms with van der Waals surface area (Å²) in [5.41, 5.74) is 0. The maximum absolute atomic E-state index is 13.1. The second-order valence-corrected chi connectivity index (χ2v) is 20.4. The van der Waals surface area contributed by atoms with Gasteiger partial charge in [-0.15, -0.1) is 0 Å². The van der Waals surface area contributed by atoms with Crippen LogP contribution in [0.4, 0.5) is 0 Å². The number of rotatable bonds is 40. The Balaban J connectivity index is 1.38. The van der Waals surface area contributed by atoms with Gasteiger partial charge in [0.2, 0.25) is 5.91 Å². The molecule has 19 heteroatoms. The molecule has 0 saturated carbocycles. The lowest BCUT2D eigenvalue weighted by Gasteiger charge is -2.48. The highest BCUT2D eigenvalue weighted by Gasteiger charge is 2.53. The minimum absolute atomic E-state index is 0.246. The first-order valence-corrected chi connectivity index (χ1v) is 27.9. The van der Waals surface area contributed by atoms with Gasteiger partial charge < -0.3 is 89.9 Å². The molecule has 19 nitrogen and oxygen atoms in total. The minimum atomic E-state index is -1.97. The van der Waals surface area contributed by atoms with E-state index < -0.39 is 124 Å². The van der Waals surface area contributed by atoms with Crippen LogP contribution in [-0.4, -0.2) is 193 Å². The Morgan fingerprint density at radius 3 is 1.29 bits per heavy atom. The zero-order valence-corrected chi connectivity index (χ0v) is 43.7. The van der Waals surface area contributed by atoms with Gasteiger partial charge in [0.25, 0.3) is 0 Å². The van der Waals surface area contributed by atoms with Gasteiger partial charge >= 0.3 is 0 Å². The largest absolute Gasteiger partial charge is 0.394 e. The maximum Gasteiger partial charge on any atom is 0.220 e. The molecule has 0 aliphatic carbocycles. The second kappa shape index (κ2) is 38.1. The highest BCUT2D eigenvalue weighted by atomic mass is 16.8. The van der Waals surface area contributed by atoms with Crippen molar-refractivity contribution in [2.45, 2.75) is 291 Å². The molecular weight excluding hydrogens is 939 g/mol. The summed E-state index contributed by atoms with van der Waals surface area (Å²) in [6, 6.07) is -0.963. The van der Waals surface area contributed by atoms with Crippen LogP contribution in [0.15, 0.2) is 12.2 Å². The van der Waals surface area contributed by atoms with Gasteiger partial charge in [-0.05, 0) is 12.8 Å². The highest BCUT2D eigenvalue weighted by molar-refractivity contribution is 5.76. The van der Waals surface area contributed by atoms with Crippen LogP contribution in [0.3, 0.4) is 0 Å². The van der Waals surface area contributed by atoms with Gasteiger partial charge in [-0.1, -0.05) is 180 Å². The molecule has 17 atom stereocenters. The zero-order valence-electron chi connectivity index (χ0n) is 43.7. The predicted molar refractivity (Wildman–Crippen MR) is 268 cm³/mol. The Bertz CT molecular complexity index is 1380. The summed E-state index contributed by atoms with van der Waals surface area (Å²) in [6.07, 6.45) is 8.87. The molecule has 0 aromatic rings. The van der Waals surface area contributed by atoms with Crippen LogP contribution >= 0.6 is 0 Å². The third kappa shape index (κ3) is 23.0. The molecule has 3 saturated heterocycles. The van der Waals surface area contributed by atoms with Crippen molar-refractivity contribution >= 4 is 5.91 Å². The quantitative estimate of drug-likeness (QED) is 0.0309. The second-order valence-electron chi connectivity index (χ2n) is 20.4. The minimum Gasteiger partial charge on any atom is -0.394 e. The van der Waals surface area contributed by atoms with Crippen LogP contribution in [0.5, 0.6) is 0 Å². The highest BCUT2D eigenvalue weighted by Crippen LogP contribution is 2.33. The molecule has 0 aromatic carbocycles. The Kier molecular flexibility index (Phi) is 34.3. The van der Waals surface area contributed by atoms with E-state index in [1.165, 1.54) is 122 Å². The smallest absolute Gasteiger partial charge is 0.220 e. The number of aliphatic hydroxyl groups is 11. The van der Waals surface area contributed by atoms with Gasteiger partial charge in [0.1, 0.15) is 73.2 Å². The van der Waals surface area contributed by atoms with Crippen molar-refractivity contribution in [1.29, 1.82) is 0 Å². The van der Waals surface area contributed by atoms with Gasteiger partial charge in [-0.3, -0.25) is 4.79 Å². The number of hydrogen-bond donors (Lipinski definition) is 12. The van der Waals surface area contributed by atoms with Crippen molar-refractivity contribution in [3.8, 4) is 0 Å². The lowest BCUT2D eigenvalue weighted by Crippen LogP contribution is -2.66. The third-order valence-electron chi connectivity index (χ3n) is 14.3. The first-order valence-electron chi connectivity index (χ1n) is 27.9. The van der Waals surface area contributed by atoms with E-state index in [1.807, 2.05) is 13.0 Å². The van der Waals surface area contributed by atoms with E-state index >= 15 is 0 Å². The first-order chi connectivity index (χ1) is 34.8. The molecule has 424 valence electrons. The zero-order chi connectivity index (χ0) is 52.7. The fourth-order valence-corrected chi connectivity index (χ4v) is 9.65. The van der Waals surface area contributed by atoms with E-state index in [9.17, 15) is 61.0 Å². The lowest BCUT2D eigenvalue weighted by atomic mass is 9.96. The standard InChI is InChI=1S/C53H99NO18/c1-3-5-7-9-10-11-12-13-14-15-16-17-18-19-20-21-22-23-24-25-26-27-29-31-41(59)54-36(37(58)30-28-8-6-4-2)35-67-51-47(65)44(62)49(39(33-56)69-51)72-53-48(66)45(63)50(40(34-57)70-53)71-52-46(64)43(61)42(60)38(32-55)68-52/h28,30,36-40,42-53,55-58,60-66H,3-27,29,31-35H2,1-2H3,(H,54,59)/b30-28+. The van der Waals surface area contributed by atoms with E-state index in [4.69, 9.17) is 28.4 Å². The Morgan fingerprint density at radius 2 is 0.861 bits per heavy atom. The Labute approximate surface area is 429 Å². The summed E-state index contributed by atoms with van der Waals surface area (Å²) in [5.74, 6) is -0.282. The van der Waals surface area contributed by atoms with E-state index in [1.54, 1.807) is 6.08 Å². The molecule has 0 bridgehead atoms. The number of carbonyl (C=O) groups excluding carboxylic acids is 1. The van der Waals surface area contributed by atoms with Crippen molar-refractivity contribution in [2.75, 3.05) is 26.4 Å². The lowest BCUT2D eigenvalue weighted by molar-refractivity contribution is -0.379. The summed E-state index contributed by atoms with van der Waals surface area (Å²) >= 11 is 0. The molecule has 3 fully saturated rings. The van der Waals surface area contributed by atoms with Gasteiger partial charge in [0.05, 0.1) is 38.6 Å². The number of amides is 1. The van der Waals surface area contributed by atoms with Crippen molar-refractivity contribution in [3.05, 3.63) is 12.2 Å². The SMILES string of the molecule is CCCC/C=C/C(O)C(COC1OC(CO)C(OC2OC(CO)C(OC3OC(CO)C(O)C(O)C3O)C(O)C2O)C(O)C1O)NC(=O)CCCCCCCCCCCCCCCCCCCCCCCCC. The fourth-order valence-electron chi connectivity index (χ4n) is 9.65. The molecule has 0 radical (unpaired) electrons. The van der Waals surface area contributed by atoms with Crippen molar-refractivity contribution in [1.82, 2.24) is 5.32 Å². The third-order valence-corrected chi connectivity index (χ3v) is 14.3. The van der Waals surface area contributed by atoms with E-state index in [-0.39, 0.29) is 18.9 Å². The summed E-state index contributed by atoms with van der Waals surface area (Å²) < 4.78 is 34.0. The van der Waals surface area contributed by atoms with Crippen LogP contribution in [0.2, 0.25) is 0 Å². The molecule has 0 aromatic heterocycles.